The predicted molar refractivity (Wildman–Crippen MR) is 221 cm³/mol. The smallest absolute Gasteiger partial charge is 0.335 e. The molecule has 8 rings (SSSR count). The molecule has 2 aromatic heterocycles. The van der Waals surface area contributed by atoms with Crippen molar-refractivity contribution >= 4 is 60.6 Å². The highest BCUT2D eigenvalue weighted by molar-refractivity contribution is 7.19. The van der Waals surface area contributed by atoms with Gasteiger partial charge in [-0.05, 0) is 106 Å². The van der Waals surface area contributed by atoms with Crippen molar-refractivity contribution in [2.24, 2.45) is 5.73 Å². The Labute approximate surface area is 337 Å². The van der Waals surface area contributed by atoms with E-state index in [9.17, 15) is 37.1 Å². The van der Waals surface area contributed by atoms with E-state index in [-0.39, 0.29) is 18.0 Å². The number of carbonyl (C=O) groups excluding carboxylic acids is 2. The number of nitrogens with one attached hydrogen (secondary N) is 1. The summed E-state index contributed by atoms with van der Waals surface area (Å²) in [6.45, 7) is -0.226. The standard InChI is InChI=1S/C24H18F2N2O2S.C22H14F2O2S/c25-20-8-7-14(10-21(20)26)9-17-12-19-18(5-2-6-22(19)31-17)15-3-1-4-16(11-15)24(30)28-13-23(27)29;23-19-8-7-13(10-20(19)24)9-16-12-18-17(5-2-6-21(18)27-16)14-3-1-4-15(11-14)22(25)26/h1-8,10-12H,9,13H2,(H2,27,29)(H,28,30);1-8,10-12H,9H2,(H,25,26). The molecule has 4 N–H and O–H groups in total. The third-order valence-corrected chi connectivity index (χ3v) is 11.4. The first-order chi connectivity index (χ1) is 27.9. The Kier molecular flexibility index (Phi) is 11.8. The van der Waals surface area contributed by atoms with E-state index in [4.69, 9.17) is 5.73 Å². The summed E-state index contributed by atoms with van der Waals surface area (Å²) in [5, 5.41) is 13.7. The van der Waals surface area contributed by atoms with Gasteiger partial charge in [0.25, 0.3) is 5.91 Å². The monoisotopic (exact) mass is 816 g/mol. The molecule has 0 spiro atoms. The van der Waals surface area contributed by atoms with Gasteiger partial charge in [-0.25, -0.2) is 22.4 Å². The fourth-order valence-electron chi connectivity index (χ4n) is 6.52. The lowest BCUT2D eigenvalue weighted by atomic mass is 9.99. The predicted octanol–water partition coefficient (Wildman–Crippen LogP) is 10.8. The number of carboxylic acids is 1. The Bertz CT molecular complexity index is 2850. The van der Waals surface area contributed by atoms with Crippen LogP contribution in [-0.2, 0) is 17.6 Å². The number of aromatic carboxylic acids is 1. The number of carbonyl (C=O) groups is 3. The summed E-state index contributed by atoms with van der Waals surface area (Å²) in [6.07, 6.45) is 0.997. The summed E-state index contributed by atoms with van der Waals surface area (Å²) in [6, 6.07) is 37.7. The Hall–Kier alpha value is -6.63. The van der Waals surface area contributed by atoms with Crippen molar-refractivity contribution in [1.82, 2.24) is 5.32 Å². The summed E-state index contributed by atoms with van der Waals surface area (Å²) in [4.78, 5) is 36.5. The maximum absolute atomic E-state index is 13.5. The van der Waals surface area contributed by atoms with Crippen molar-refractivity contribution in [3.8, 4) is 22.3 Å². The summed E-state index contributed by atoms with van der Waals surface area (Å²) in [7, 11) is 0. The van der Waals surface area contributed by atoms with Gasteiger partial charge >= 0.3 is 5.97 Å². The number of carboxylic acid groups (broad SMARTS) is 1. The van der Waals surface area contributed by atoms with Gasteiger partial charge in [0, 0.05) is 48.3 Å². The van der Waals surface area contributed by atoms with Gasteiger partial charge in [-0.2, -0.15) is 0 Å². The van der Waals surface area contributed by atoms with E-state index in [0.29, 0.717) is 29.5 Å². The molecule has 2 amide bonds. The molecule has 0 saturated heterocycles. The second-order valence-electron chi connectivity index (χ2n) is 13.3. The molecule has 0 aliphatic rings. The molecule has 0 aliphatic heterocycles. The number of nitrogens with two attached hydrogens (primary N) is 1. The van der Waals surface area contributed by atoms with Crippen LogP contribution >= 0.6 is 22.7 Å². The molecule has 2 heterocycles. The number of hydrogen-bond donors (Lipinski definition) is 3. The van der Waals surface area contributed by atoms with Crippen molar-refractivity contribution in [3.05, 3.63) is 189 Å². The largest absolute Gasteiger partial charge is 0.478 e. The molecule has 0 saturated carbocycles. The molecule has 0 atom stereocenters. The lowest BCUT2D eigenvalue weighted by molar-refractivity contribution is -0.117. The number of hydrogen-bond acceptors (Lipinski definition) is 5. The van der Waals surface area contributed by atoms with E-state index in [1.165, 1.54) is 12.1 Å². The van der Waals surface area contributed by atoms with Crippen molar-refractivity contribution < 1.29 is 37.1 Å². The average molecular weight is 817 g/mol. The number of amides is 2. The third-order valence-electron chi connectivity index (χ3n) is 9.23. The second kappa shape index (κ2) is 17.2. The first kappa shape index (κ1) is 39.6. The van der Waals surface area contributed by atoms with Crippen LogP contribution in [0.2, 0.25) is 0 Å². The highest BCUT2D eigenvalue weighted by Gasteiger charge is 2.14. The molecule has 0 radical (unpaired) electrons. The van der Waals surface area contributed by atoms with Crippen molar-refractivity contribution in [1.29, 1.82) is 0 Å². The minimum Gasteiger partial charge on any atom is -0.478 e. The van der Waals surface area contributed by atoms with Crippen LogP contribution in [0.15, 0.2) is 133 Å². The molecule has 0 bridgehead atoms. The lowest BCUT2D eigenvalue weighted by Crippen LogP contribution is -2.33. The molecular formula is C46H32F4N2O4S2. The normalized spacial score (nSPS) is 11.0. The minimum absolute atomic E-state index is 0.226. The van der Waals surface area contributed by atoms with E-state index in [1.807, 2.05) is 60.7 Å². The first-order valence-corrected chi connectivity index (χ1v) is 19.5. The van der Waals surface area contributed by atoms with E-state index in [0.717, 1.165) is 64.3 Å². The fourth-order valence-corrected chi connectivity index (χ4v) is 8.77. The van der Waals surface area contributed by atoms with Crippen molar-refractivity contribution in [2.75, 3.05) is 6.54 Å². The maximum Gasteiger partial charge on any atom is 0.335 e. The summed E-state index contributed by atoms with van der Waals surface area (Å²) < 4.78 is 55.4. The summed E-state index contributed by atoms with van der Waals surface area (Å²) >= 11 is 3.17. The average Bonchev–Trinajstić information content (AvgIpc) is 3.83. The van der Waals surface area contributed by atoms with E-state index in [1.54, 1.807) is 71.2 Å². The number of rotatable bonds is 10. The van der Waals surface area contributed by atoms with Gasteiger partial charge < -0.3 is 16.2 Å². The Balaban J connectivity index is 0.000000178. The maximum atomic E-state index is 13.5. The van der Waals surface area contributed by atoms with Gasteiger partial charge in [0.05, 0.1) is 12.1 Å². The zero-order valence-electron chi connectivity index (χ0n) is 30.4. The van der Waals surface area contributed by atoms with E-state index in [2.05, 4.69) is 5.32 Å². The third kappa shape index (κ3) is 9.15. The van der Waals surface area contributed by atoms with Crippen LogP contribution < -0.4 is 11.1 Å². The van der Waals surface area contributed by atoms with Crippen LogP contribution in [0.4, 0.5) is 17.6 Å². The number of benzene rings is 6. The van der Waals surface area contributed by atoms with Gasteiger partial charge in [0.15, 0.2) is 23.3 Å². The molecule has 6 aromatic carbocycles. The molecule has 290 valence electrons. The van der Waals surface area contributed by atoms with Crippen LogP contribution in [0, 0.1) is 23.3 Å². The fraction of sp³-hybridized carbons (Fsp3) is 0.0652. The quantitative estimate of drug-likeness (QED) is 0.119. The van der Waals surface area contributed by atoms with Gasteiger partial charge in [0.2, 0.25) is 5.91 Å². The van der Waals surface area contributed by atoms with Crippen molar-refractivity contribution in [2.45, 2.75) is 12.8 Å². The van der Waals surface area contributed by atoms with Crippen LogP contribution in [0.3, 0.4) is 0 Å². The van der Waals surface area contributed by atoms with E-state index < -0.39 is 35.1 Å². The Morgan fingerprint density at radius 3 is 1.48 bits per heavy atom. The molecule has 58 heavy (non-hydrogen) atoms. The van der Waals surface area contributed by atoms with Crippen molar-refractivity contribution in [3.63, 3.8) is 0 Å². The first-order valence-electron chi connectivity index (χ1n) is 17.8. The molecular weight excluding hydrogens is 785 g/mol. The van der Waals surface area contributed by atoms with Crippen LogP contribution in [0.5, 0.6) is 0 Å². The number of fused-ring (bicyclic) bond motifs is 2. The number of primary amides is 1. The molecule has 0 unspecified atom stereocenters. The summed E-state index contributed by atoms with van der Waals surface area (Å²) in [5.74, 6) is -5.37. The second-order valence-corrected chi connectivity index (χ2v) is 15.7. The highest BCUT2D eigenvalue weighted by Crippen LogP contribution is 2.37. The molecule has 12 heteroatoms. The zero-order chi connectivity index (χ0) is 40.9. The molecule has 0 fully saturated rings. The van der Waals surface area contributed by atoms with E-state index >= 15 is 0 Å². The molecule has 0 aliphatic carbocycles. The number of thiophene rings is 2. The number of halogens is 4. The summed E-state index contributed by atoms with van der Waals surface area (Å²) in [5.41, 5.74) is 10.7. The van der Waals surface area contributed by atoms with Crippen LogP contribution in [0.1, 0.15) is 41.6 Å². The van der Waals surface area contributed by atoms with Gasteiger partial charge in [-0.1, -0.05) is 60.7 Å². The zero-order valence-corrected chi connectivity index (χ0v) is 32.0. The topological polar surface area (TPSA) is 109 Å². The Morgan fingerprint density at radius 1 is 0.552 bits per heavy atom. The highest BCUT2D eigenvalue weighted by atomic mass is 32.1. The molecule has 6 nitrogen and oxygen atoms in total. The SMILES string of the molecule is NC(=O)CNC(=O)c1cccc(-c2cccc3sc(Cc4ccc(F)c(F)c4)cc23)c1.O=C(O)c1cccc(-c2cccc3sc(Cc4ccc(F)c(F)c4)cc23)c1. The van der Waals surface area contributed by atoms with Gasteiger partial charge in [-0.15, -0.1) is 22.7 Å². The van der Waals surface area contributed by atoms with Crippen LogP contribution in [0.25, 0.3) is 42.4 Å². The van der Waals surface area contributed by atoms with Gasteiger partial charge in [-0.3, -0.25) is 9.59 Å². The van der Waals surface area contributed by atoms with Crippen LogP contribution in [-0.4, -0.2) is 29.4 Å². The lowest BCUT2D eigenvalue weighted by Gasteiger charge is -2.07. The Morgan fingerprint density at radius 2 is 1.02 bits per heavy atom. The molecule has 8 aromatic rings. The van der Waals surface area contributed by atoms with Gasteiger partial charge in [0.1, 0.15) is 0 Å². The minimum atomic E-state index is -0.964.